The maximum Gasteiger partial charge on any atom is 0.261 e. The van der Waals surface area contributed by atoms with Crippen molar-refractivity contribution in [2.75, 3.05) is 19.7 Å². The highest BCUT2D eigenvalue weighted by molar-refractivity contribution is 6.30. The highest BCUT2D eigenvalue weighted by Crippen LogP contribution is 2.21. The topological polar surface area (TPSA) is 58.6 Å². The molecule has 6 heteroatoms. The van der Waals surface area contributed by atoms with Crippen molar-refractivity contribution in [3.8, 4) is 5.75 Å². The fourth-order valence-corrected chi connectivity index (χ4v) is 2.35. The molecule has 0 spiro atoms. The minimum Gasteiger partial charge on any atom is -0.483 e. The van der Waals surface area contributed by atoms with Gasteiger partial charge in [0.05, 0.1) is 0 Å². The lowest BCUT2D eigenvalue weighted by Crippen LogP contribution is -2.56. The third kappa shape index (κ3) is 3.22. The second-order valence-corrected chi connectivity index (χ2v) is 5.19. The molecule has 1 fully saturated rings. The molecule has 0 radical (unpaired) electrons. The summed E-state index contributed by atoms with van der Waals surface area (Å²) in [6.45, 7) is 4.48. The van der Waals surface area contributed by atoms with Gasteiger partial charge in [0.1, 0.15) is 11.8 Å². The fraction of sp³-hybridized carbons (Fsp3) is 0.429. The Kier molecular flexibility index (Phi) is 4.49. The maximum absolute atomic E-state index is 12.1. The molecule has 1 unspecified atom stereocenters. The van der Waals surface area contributed by atoms with E-state index < -0.39 is 6.04 Å². The molecule has 0 aromatic heterocycles. The van der Waals surface area contributed by atoms with Gasteiger partial charge in [-0.15, -0.1) is 0 Å². The second-order valence-electron chi connectivity index (χ2n) is 4.75. The average molecular weight is 297 g/mol. The number of nitrogens with one attached hydrogen (secondary N) is 1. The molecular formula is C14H17ClN2O3. The Morgan fingerprint density at radius 1 is 1.55 bits per heavy atom. The fourth-order valence-electron chi connectivity index (χ4n) is 2.12. The van der Waals surface area contributed by atoms with Crippen LogP contribution in [0.25, 0.3) is 0 Å². The monoisotopic (exact) mass is 296 g/mol. The van der Waals surface area contributed by atoms with E-state index in [1.165, 1.54) is 4.90 Å². The van der Waals surface area contributed by atoms with Crippen molar-refractivity contribution in [3.05, 3.63) is 28.8 Å². The predicted molar refractivity (Wildman–Crippen MR) is 75.9 cm³/mol. The SMILES string of the molecule is Cc1cc(Cl)ccc1OCC(=O)N1CCNC(=O)C1C. The van der Waals surface area contributed by atoms with E-state index >= 15 is 0 Å². The lowest BCUT2D eigenvalue weighted by molar-refractivity contribution is -0.143. The van der Waals surface area contributed by atoms with Crippen molar-refractivity contribution in [1.82, 2.24) is 10.2 Å². The molecular weight excluding hydrogens is 280 g/mol. The molecule has 1 saturated heterocycles. The zero-order valence-corrected chi connectivity index (χ0v) is 12.2. The number of ether oxygens (including phenoxy) is 1. The number of piperazine rings is 1. The maximum atomic E-state index is 12.1. The number of halogens is 1. The van der Waals surface area contributed by atoms with Gasteiger partial charge in [-0.25, -0.2) is 0 Å². The first-order valence-electron chi connectivity index (χ1n) is 6.45. The number of aryl methyl sites for hydroxylation is 1. The summed E-state index contributed by atoms with van der Waals surface area (Å²) in [5.41, 5.74) is 0.870. The first-order valence-corrected chi connectivity index (χ1v) is 6.83. The minimum absolute atomic E-state index is 0.0832. The summed E-state index contributed by atoms with van der Waals surface area (Å²) in [5.74, 6) is 0.297. The van der Waals surface area contributed by atoms with Crippen molar-refractivity contribution >= 4 is 23.4 Å². The summed E-state index contributed by atoms with van der Waals surface area (Å²) >= 11 is 5.86. The van der Waals surface area contributed by atoms with Crippen LogP contribution >= 0.6 is 11.6 Å². The normalized spacial score (nSPS) is 18.6. The summed E-state index contributed by atoms with van der Waals surface area (Å²) in [6, 6.07) is 4.77. The molecule has 1 heterocycles. The van der Waals surface area contributed by atoms with Gasteiger partial charge in [0, 0.05) is 18.1 Å². The molecule has 1 N–H and O–H groups in total. The molecule has 1 aromatic rings. The van der Waals surface area contributed by atoms with Gasteiger partial charge in [-0.2, -0.15) is 0 Å². The average Bonchev–Trinajstić information content (AvgIpc) is 2.40. The molecule has 2 amide bonds. The summed E-state index contributed by atoms with van der Waals surface area (Å²) in [5, 5.41) is 3.34. The number of carbonyl (C=O) groups excluding carboxylic acids is 2. The number of nitrogens with zero attached hydrogens (tertiary/aromatic N) is 1. The zero-order valence-electron chi connectivity index (χ0n) is 11.5. The molecule has 20 heavy (non-hydrogen) atoms. The first kappa shape index (κ1) is 14.7. The molecule has 2 rings (SSSR count). The number of amides is 2. The van der Waals surface area contributed by atoms with Crippen LogP contribution in [0, 0.1) is 6.92 Å². The predicted octanol–water partition coefficient (Wildman–Crippen LogP) is 1.37. The van der Waals surface area contributed by atoms with Crippen LogP contribution in [0.2, 0.25) is 5.02 Å². The van der Waals surface area contributed by atoms with Gasteiger partial charge < -0.3 is 15.0 Å². The summed E-state index contributed by atoms with van der Waals surface area (Å²) in [6.07, 6.45) is 0. The Labute approximate surface area is 122 Å². The van der Waals surface area contributed by atoms with Gasteiger partial charge in [-0.3, -0.25) is 9.59 Å². The summed E-state index contributed by atoms with van der Waals surface area (Å²) in [7, 11) is 0. The van der Waals surface area contributed by atoms with Gasteiger partial charge in [-0.1, -0.05) is 11.6 Å². The van der Waals surface area contributed by atoms with Gasteiger partial charge in [0.25, 0.3) is 5.91 Å². The van der Waals surface area contributed by atoms with E-state index in [1.807, 2.05) is 6.92 Å². The Balaban J connectivity index is 1.96. The molecule has 0 saturated carbocycles. The number of benzene rings is 1. The number of carbonyl (C=O) groups is 2. The molecule has 1 aromatic carbocycles. The first-order chi connectivity index (χ1) is 9.49. The minimum atomic E-state index is -0.453. The molecule has 5 nitrogen and oxygen atoms in total. The van der Waals surface area contributed by atoms with Crippen molar-refractivity contribution in [2.24, 2.45) is 0 Å². The second kappa shape index (κ2) is 6.13. The van der Waals surface area contributed by atoms with E-state index in [0.29, 0.717) is 23.9 Å². The molecule has 0 bridgehead atoms. The standard InChI is InChI=1S/C14H17ClN2O3/c1-9-7-11(15)3-4-12(9)20-8-13(18)17-6-5-16-14(19)10(17)2/h3-4,7,10H,5-6,8H2,1-2H3,(H,16,19). The molecule has 1 atom stereocenters. The van der Waals surface area contributed by atoms with Crippen LogP contribution in [-0.2, 0) is 9.59 Å². The van der Waals surface area contributed by atoms with Crippen molar-refractivity contribution in [3.63, 3.8) is 0 Å². The van der Waals surface area contributed by atoms with Crippen LogP contribution in [0.15, 0.2) is 18.2 Å². The van der Waals surface area contributed by atoms with Gasteiger partial charge in [0.15, 0.2) is 6.61 Å². The smallest absolute Gasteiger partial charge is 0.261 e. The Morgan fingerprint density at radius 2 is 2.30 bits per heavy atom. The van der Waals surface area contributed by atoms with Crippen LogP contribution < -0.4 is 10.1 Å². The van der Waals surface area contributed by atoms with Crippen LogP contribution in [0.5, 0.6) is 5.75 Å². The third-order valence-electron chi connectivity index (χ3n) is 3.31. The van der Waals surface area contributed by atoms with E-state index in [1.54, 1.807) is 25.1 Å². The van der Waals surface area contributed by atoms with E-state index in [2.05, 4.69) is 5.32 Å². The van der Waals surface area contributed by atoms with Gasteiger partial charge in [-0.05, 0) is 37.6 Å². The van der Waals surface area contributed by atoms with Crippen molar-refractivity contribution in [1.29, 1.82) is 0 Å². The van der Waals surface area contributed by atoms with E-state index in [-0.39, 0.29) is 18.4 Å². The molecule has 1 aliphatic heterocycles. The Hall–Kier alpha value is -1.75. The number of hydrogen-bond acceptors (Lipinski definition) is 3. The van der Waals surface area contributed by atoms with Crippen LogP contribution in [0.4, 0.5) is 0 Å². The zero-order chi connectivity index (χ0) is 14.7. The highest BCUT2D eigenvalue weighted by atomic mass is 35.5. The van der Waals surface area contributed by atoms with Crippen LogP contribution in [-0.4, -0.2) is 42.5 Å². The number of rotatable bonds is 3. The number of hydrogen-bond donors (Lipinski definition) is 1. The van der Waals surface area contributed by atoms with Crippen molar-refractivity contribution < 1.29 is 14.3 Å². The van der Waals surface area contributed by atoms with Crippen molar-refractivity contribution in [2.45, 2.75) is 19.9 Å². The van der Waals surface area contributed by atoms with E-state index in [4.69, 9.17) is 16.3 Å². The van der Waals surface area contributed by atoms with E-state index in [9.17, 15) is 9.59 Å². The largest absolute Gasteiger partial charge is 0.483 e. The third-order valence-corrected chi connectivity index (χ3v) is 3.54. The Morgan fingerprint density at radius 3 is 3.00 bits per heavy atom. The summed E-state index contributed by atoms with van der Waals surface area (Å²) < 4.78 is 5.51. The summed E-state index contributed by atoms with van der Waals surface area (Å²) in [4.78, 5) is 25.1. The Bertz CT molecular complexity index is 533. The molecule has 108 valence electrons. The van der Waals surface area contributed by atoms with Gasteiger partial charge in [0.2, 0.25) is 5.91 Å². The van der Waals surface area contributed by atoms with E-state index in [0.717, 1.165) is 5.56 Å². The van der Waals surface area contributed by atoms with Crippen LogP contribution in [0.1, 0.15) is 12.5 Å². The molecule has 1 aliphatic rings. The lowest BCUT2D eigenvalue weighted by Gasteiger charge is -2.32. The molecule has 0 aliphatic carbocycles. The van der Waals surface area contributed by atoms with Gasteiger partial charge >= 0.3 is 0 Å². The van der Waals surface area contributed by atoms with Crippen LogP contribution in [0.3, 0.4) is 0 Å². The highest BCUT2D eigenvalue weighted by Gasteiger charge is 2.29. The lowest BCUT2D eigenvalue weighted by atomic mass is 10.2. The quantitative estimate of drug-likeness (QED) is 0.916.